The third-order valence-corrected chi connectivity index (χ3v) is 20.0. The van der Waals surface area contributed by atoms with Crippen molar-refractivity contribution < 1.29 is 4.74 Å². The van der Waals surface area contributed by atoms with E-state index in [0.717, 1.165) is 85.4 Å². The molecule has 18 rings (SSSR count). The molecule has 6 nitrogen and oxygen atoms in total. The second-order valence-corrected chi connectivity index (χ2v) is 25.6. The quantitative estimate of drug-likeness (QED) is 0.134. The number of hydrogen-bond acceptors (Lipinski definition) is 6. The fourth-order valence-corrected chi connectivity index (χ4v) is 16.3. The van der Waals surface area contributed by atoms with Crippen LogP contribution in [-0.2, 0) is 10.8 Å². The van der Waals surface area contributed by atoms with Gasteiger partial charge in [-0.1, -0.05) is 221 Å². The molecule has 0 saturated carbocycles. The van der Waals surface area contributed by atoms with Gasteiger partial charge in [0.05, 0.1) is 11.4 Å². The summed E-state index contributed by atoms with van der Waals surface area (Å²) in [6.45, 7) is 9.48. The van der Waals surface area contributed by atoms with E-state index in [-0.39, 0.29) is 24.3 Å². The molecule has 12 aromatic carbocycles. The van der Waals surface area contributed by atoms with Gasteiger partial charge >= 0.3 is 0 Å². The van der Waals surface area contributed by atoms with Crippen LogP contribution in [0.3, 0.4) is 0 Å². The smallest absolute Gasteiger partial charge is 0.252 e. The lowest BCUT2D eigenvalue weighted by Gasteiger charge is -2.47. The zero-order chi connectivity index (χ0) is 60.0. The van der Waals surface area contributed by atoms with Gasteiger partial charge in [-0.3, -0.25) is 0 Å². The average molecular weight is 1150 g/mol. The van der Waals surface area contributed by atoms with Gasteiger partial charge in [0.1, 0.15) is 11.5 Å². The van der Waals surface area contributed by atoms with Gasteiger partial charge in [-0.05, 0) is 136 Å². The largest absolute Gasteiger partial charge is 0.458 e. The maximum Gasteiger partial charge on any atom is 0.252 e. The monoisotopic (exact) mass is 1150 g/mol. The van der Waals surface area contributed by atoms with E-state index in [4.69, 9.17) is 4.74 Å². The van der Waals surface area contributed by atoms with Crippen LogP contribution in [0.5, 0.6) is 11.5 Å². The molecule has 4 heterocycles. The minimum Gasteiger partial charge on any atom is -0.458 e. The SMILES string of the molecule is CC1(C)C2=C(c3ccccc31)N(c1ccccc1)c1cc(N(c3ccccc3)c3ccccc3)cc3c1B2c1cc2c(cc1O3)N(c1ccccc1)c1cc(N(c3ccccc3)c3ccccc3)cc3c1B2C1=C(c2ccccc2C1(C)C)N3c1ccccc1. The topological polar surface area (TPSA) is 25.4 Å². The average Bonchev–Trinajstić information content (AvgIpc) is 1.39. The molecule has 12 aromatic rings. The first-order valence-electron chi connectivity index (χ1n) is 31.5. The molecule has 0 saturated heterocycles. The van der Waals surface area contributed by atoms with E-state index in [9.17, 15) is 0 Å². The van der Waals surface area contributed by atoms with E-state index < -0.39 is 0 Å². The number of rotatable bonds is 9. The summed E-state index contributed by atoms with van der Waals surface area (Å²) in [6, 6.07) is 109. The van der Waals surface area contributed by atoms with Gasteiger partial charge in [-0.15, -0.1) is 0 Å². The molecular weight excluding hydrogens is 1090 g/mol. The van der Waals surface area contributed by atoms with Crippen LogP contribution in [0.4, 0.5) is 73.9 Å². The molecule has 426 valence electrons. The van der Waals surface area contributed by atoms with E-state index in [0.29, 0.717) is 0 Å². The van der Waals surface area contributed by atoms with Crippen LogP contribution >= 0.6 is 0 Å². The Balaban J connectivity index is 0.965. The summed E-state index contributed by atoms with van der Waals surface area (Å²) in [7, 11) is 0. The van der Waals surface area contributed by atoms with E-state index in [1.165, 1.54) is 66.4 Å². The molecule has 0 bridgehead atoms. The highest BCUT2D eigenvalue weighted by atomic mass is 16.5. The minimum atomic E-state index is -0.388. The Bertz CT molecular complexity index is 4860. The standard InChI is InChI=1S/C82H61B2N5O/c1-81(2)65-46-28-26-44-63(65)77-79(81)83-67-52-68-73(53-69(67)87(58-38-20-9-21-39-58)70-48-61(49-71(75(70)83)88(77)59-40-22-10-23-41-59)85(54-30-12-5-13-31-54)55-32-14-6-15-33-55)90-74-51-62(86(56-34-16-7-17-35-56)57-36-18-8-19-37-57)50-72-76(74)84(68)80-78(89(72)60-42-24-11-25-43-60)64-45-27-29-47-66(64)82(80,3)4/h5-53H,1-4H3. The molecule has 0 spiro atoms. The third-order valence-electron chi connectivity index (χ3n) is 20.0. The molecule has 0 fully saturated rings. The molecular formula is C82H61B2N5O. The van der Waals surface area contributed by atoms with E-state index in [2.05, 4.69) is 349 Å². The fourth-order valence-electron chi connectivity index (χ4n) is 16.3. The van der Waals surface area contributed by atoms with Gasteiger partial charge in [0, 0.05) is 108 Å². The highest BCUT2D eigenvalue weighted by Crippen LogP contribution is 2.60. The number of hydrogen-bond donors (Lipinski definition) is 0. The lowest BCUT2D eigenvalue weighted by molar-refractivity contribution is 0.487. The lowest BCUT2D eigenvalue weighted by Crippen LogP contribution is -2.60. The minimum absolute atomic E-state index is 0.177. The van der Waals surface area contributed by atoms with Crippen molar-refractivity contribution in [3.05, 3.63) is 330 Å². The number of ether oxygens (including phenoxy) is 1. The van der Waals surface area contributed by atoms with E-state index in [1.807, 2.05) is 0 Å². The number of benzene rings is 12. The zero-order valence-electron chi connectivity index (χ0n) is 50.6. The van der Waals surface area contributed by atoms with Crippen molar-refractivity contribution in [1.29, 1.82) is 0 Å². The maximum atomic E-state index is 7.91. The van der Waals surface area contributed by atoms with Crippen molar-refractivity contribution in [2.24, 2.45) is 0 Å². The molecule has 0 N–H and O–H groups in total. The van der Waals surface area contributed by atoms with Crippen molar-refractivity contribution in [2.75, 3.05) is 24.5 Å². The summed E-state index contributed by atoms with van der Waals surface area (Å²) in [5, 5.41) is 0. The first-order valence-corrected chi connectivity index (χ1v) is 31.5. The summed E-state index contributed by atoms with van der Waals surface area (Å²) in [5.74, 6) is 1.70. The second-order valence-electron chi connectivity index (χ2n) is 25.6. The first-order chi connectivity index (χ1) is 44.2. The van der Waals surface area contributed by atoms with Gasteiger partial charge in [-0.25, -0.2) is 0 Å². The van der Waals surface area contributed by atoms with Crippen molar-refractivity contribution >= 4 is 121 Å². The maximum absolute atomic E-state index is 7.91. The Hall–Kier alpha value is -11.0. The lowest BCUT2D eigenvalue weighted by atomic mass is 9.27. The highest BCUT2D eigenvalue weighted by molar-refractivity contribution is 6.99. The fraction of sp³-hybridized carbons (Fsp3) is 0.0732. The predicted octanol–water partition coefficient (Wildman–Crippen LogP) is 18.5. The molecule has 8 heteroatoms. The van der Waals surface area contributed by atoms with Crippen LogP contribution in [-0.4, -0.2) is 13.4 Å². The van der Waals surface area contributed by atoms with Crippen LogP contribution in [0.1, 0.15) is 49.9 Å². The summed E-state index contributed by atoms with van der Waals surface area (Å²) in [4.78, 5) is 12.5. The summed E-state index contributed by atoms with van der Waals surface area (Å²) in [6.07, 6.45) is 0. The zero-order valence-corrected chi connectivity index (χ0v) is 50.6. The number of allylic oxidation sites excluding steroid dienone is 2. The van der Waals surface area contributed by atoms with Gasteiger partial charge < -0.3 is 29.2 Å². The Labute approximate surface area is 527 Å². The second kappa shape index (κ2) is 19.8. The molecule has 0 amide bonds. The normalized spacial score (nSPS) is 15.4. The van der Waals surface area contributed by atoms with Crippen LogP contribution in [0, 0.1) is 0 Å². The van der Waals surface area contributed by atoms with Crippen LogP contribution < -0.4 is 51.1 Å². The molecule has 0 atom stereocenters. The van der Waals surface area contributed by atoms with Crippen molar-refractivity contribution in [3.63, 3.8) is 0 Å². The molecule has 4 aliphatic heterocycles. The molecule has 0 radical (unpaired) electrons. The van der Waals surface area contributed by atoms with Gasteiger partial charge in [-0.2, -0.15) is 0 Å². The molecule has 2 aliphatic carbocycles. The Morgan fingerprint density at radius 1 is 0.300 bits per heavy atom. The van der Waals surface area contributed by atoms with E-state index >= 15 is 0 Å². The number of nitrogens with zero attached hydrogens (tertiary/aromatic N) is 5. The number of para-hydroxylation sites is 7. The Kier molecular flexibility index (Phi) is 11.5. The van der Waals surface area contributed by atoms with Crippen LogP contribution in [0.25, 0.3) is 11.4 Å². The molecule has 0 aromatic heterocycles. The number of fused-ring (bicyclic) bond motifs is 10. The van der Waals surface area contributed by atoms with E-state index in [1.54, 1.807) is 0 Å². The number of anilines is 13. The van der Waals surface area contributed by atoms with Crippen LogP contribution in [0.2, 0.25) is 0 Å². The third kappa shape index (κ3) is 7.54. The summed E-state index contributed by atoms with van der Waals surface area (Å²) in [5.41, 5.74) is 28.6. The van der Waals surface area contributed by atoms with Gasteiger partial charge in [0.15, 0.2) is 0 Å². The van der Waals surface area contributed by atoms with Crippen LogP contribution in [0.15, 0.2) is 308 Å². The first kappa shape index (κ1) is 52.2. The van der Waals surface area contributed by atoms with Crippen molar-refractivity contribution in [3.8, 4) is 11.5 Å². The van der Waals surface area contributed by atoms with Crippen molar-refractivity contribution in [2.45, 2.75) is 38.5 Å². The van der Waals surface area contributed by atoms with Gasteiger partial charge in [0.25, 0.3) is 6.71 Å². The Morgan fingerprint density at radius 3 is 1.08 bits per heavy atom. The molecule has 0 unspecified atom stereocenters. The molecule has 6 aliphatic rings. The Morgan fingerprint density at radius 2 is 0.644 bits per heavy atom. The predicted molar refractivity (Wildman–Crippen MR) is 377 cm³/mol. The van der Waals surface area contributed by atoms with Crippen molar-refractivity contribution in [1.82, 2.24) is 0 Å². The highest BCUT2D eigenvalue weighted by Gasteiger charge is 2.57. The molecule has 90 heavy (non-hydrogen) atoms. The van der Waals surface area contributed by atoms with Gasteiger partial charge in [0.2, 0.25) is 6.71 Å². The summed E-state index contributed by atoms with van der Waals surface area (Å²) >= 11 is 0. The summed E-state index contributed by atoms with van der Waals surface area (Å²) < 4.78 is 7.91.